The first-order valence-electron chi connectivity index (χ1n) is 12.3. The molecule has 1 heterocycles. The van der Waals surface area contributed by atoms with Gasteiger partial charge in [0.1, 0.15) is 5.82 Å². The van der Waals surface area contributed by atoms with Crippen LogP contribution in [0.5, 0.6) is 0 Å². The number of benzene rings is 3. The summed E-state index contributed by atoms with van der Waals surface area (Å²) in [5.74, 6) is -0.916. The normalized spacial score (nSPS) is 23.4. The van der Waals surface area contributed by atoms with Crippen LogP contribution in [0.25, 0.3) is 21.7 Å². The third-order valence-corrected chi connectivity index (χ3v) is 8.21. The van der Waals surface area contributed by atoms with Gasteiger partial charge in [0.25, 0.3) is 0 Å². The predicted octanol–water partition coefficient (Wildman–Crippen LogP) is 6.75. The molecule has 1 spiro atoms. The van der Waals surface area contributed by atoms with Crippen molar-refractivity contribution in [2.75, 3.05) is 0 Å². The summed E-state index contributed by atoms with van der Waals surface area (Å²) < 4.78 is 16.6. The number of hydrogen-bond donors (Lipinski definition) is 1. The van der Waals surface area contributed by atoms with Crippen molar-refractivity contribution < 1.29 is 19.1 Å². The quantitative estimate of drug-likeness (QED) is 0.318. The average Bonchev–Trinajstić information content (AvgIpc) is 3.19. The molecular weight excluding hydrogens is 441 g/mol. The van der Waals surface area contributed by atoms with Gasteiger partial charge >= 0.3 is 5.97 Å². The van der Waals surface area contributed by atoms with E-state index in [1.54, 1.807) is 12.1 Å². The second-order valence-electron chi connectivity index (χ2n) is 10.8. The summed E-state index contributed by atoms with van der Waals surface area (Å²) in [5.41, 5.74) is 3.68. The van der Waals surface area contributed by atoms with E-state index >= 15 is 0 Å². The van der Waals surface area contributed by atoms with Crippen molar-refractivity contribution in [2.24, 2.45) is 17.3 Å². The van der Waals surface area contributed by atoms with Gasteiger partial charge in [0, 0.05) is 30.1 Å². The van der Waals surface area contributed by atoms with Crippen LogP contribution in [0.3, 0.4) is 0 Å². The number of carbonyl (C=O) groups excluding carboxylic acids is 1. The standard InChI is InChI=1S/C30H28FNO3/c1-18-2-4-22-11-19(3-5-21(22)10-18)17-32-9-8-24-26(31)7-6-25(28(24)32)27(33)12-20-13-30(14-20)15-23(16-30)29(34)35/h2-11,20,23H,12-17H2,1H3,(H,34,35). The molecule has 0 amide bonds. The number of carbonyl (C=O) groups is 2. The monoisotopic (exact) mass is 469 g/mol. The molecule has 0 atom stereocenters. The van der Waals surface area contributed by atoms with Crippen LogP contribution in [0.1, 0.15) is 53.6 Å². The van der Waals surface area contributed by atoms with Crippen LogP contribution in [0, 0.1) is 30.0 Å². The Morgan fingerprint density at radius 2 is 1.74 bits per heavy atom. The van der Waals surface area contributed by atoms with Crippen molar-refractivity contribution in [2.45, 2.75) is 45.6 Å². The highest BCUT2D eigenvalue weighted by molar-refractivity contribution is 6.07. The Kier molecular flexibility index (Phi) is 5.06. The maximum Gasteiger partial charge on any atom is 0.306 e. The lowest BCUT2D eigenvalue weighted by Gasteiger charge is -2.56. The number of nitrogens with zero attached hydrogens (tertiary/aromatic N) is 1. The van der Waals surface area contributed by atoms with Crippen LogP contribution in [-0.2, 0) is 11.3 Å². The number of fused-ring (bicyclic) bond motifs is 2. The fourth-order valence-corrected chi connectivity index (χ4v) is 6.53. The predicted molar refractivity (Wildman–Crippen MR) is 134 cm³/mol. The maximum absolute atomic E-state index is 14.7. The Bertz CT molecular complexity index is 1490. The number of aliphatic carboxylic acids is 1. The van der Waals surface area contributed by atoms with E-state index in [0.717, 1.165) is 36.6 Å². The number of rotatable bonds is 6. The average molecular weight is 470 g/mol. The number of carboxylic acids is 1. The summed E-state index contributed by atoms with van der Waals surface area (Å²) in [6.45, 7) is 2.63. The molecule has 2 saturated carbocycles. The highest BCUT2D eigenvalue weighted by atomic mass is 19.1. The molecule has 2 aliphatic carbocycles. The third-order valence-electron chi connectivity index (χ3n) is 8.21. The van der Waals surface area contributed by atoms with Crippen molar-refractivity contribution in [3.8, 4) is 0 Å². The first kappa shape index (κ1) is 22.0. The van der Waals surface area contributed by atoms with Crippen LogP contribution in [0.15, 0.2) is 60.8 Å². The van der Waals surface area contributed by atoms with E-state index in [2.05, 4.69) is 43.3 Å². The summed E-state index contributed by atoms with van der Waals surface area (Å²) >= 11 is 0. The molecule has 6 rings (SSSR count). The van der Waals surface area contributed by atoms with Gasteiger partial charge in [0.05, 0.1) is 11.4 Å². The maximum atomic E-state index is 14.7. The first-order valence-corrected chi connectivity index (χ1v) is 12.3. The molecule has 3 aromatic carbocycles. The summed E-state index contributed by atoms with van der Waals surface area (Å²) in [5, 5.41) is 12.0. The second-order valence-corrected chi connectivity index (χ2v) is 10.8. The van der Waals surface area contributed by atoms with Gasteiger partial charge in [-0.25, -0.2) is 4.39 Å². The summed E-state index contributed by atoms with van der Waals surface area (Å²) in [6.07, 6.45) is 5.61. The number of hydrogen-bond acceptors (Lipinski definition) is 2. The molecule has 5 heteroatoms. The third kappa shape index (κ3) is 3.83. The largest absolute Gasteiger partial charge is 0.481 e. The van der Waals surface area contributed by atoms with E-state index in [0.29, 0.717) is 29.4 Å². The molecule has 2 aliphatic rings. The van der Waals surface area contributed by atoms with Crippen molar-refractivity contribution in [1.82, 2.24) is 4.57 Å². The van der Waals surface area contributed by atoms with Gasteiger partial charge in [-0.2, -0.15) is 0 Å². The van der Waals surface area contributed by atoms with Crippen LogP contribution >= 0.6 is 0 Å². The zero-order valence-electron chi connectivity index (χ0n) is 19.8. The summed E-state index contributed by atoms with van der Waals surface area (Å²) in [4.78, 5) is 24.5. The van der Waals surface area contributed by atoms with Gasteiger partial charge in [-0.3, -0.25) is 9.59 Å². The highest BCUT2D eigenvalue weighted by Gasteiger charge is 2.54. The number of Topliss-reactive ketones (excluding diaryl/α,β-unsaturated/α-hetero) is 1. The van der Waals surface area contributed by atoms with Crippen molar-refractivity contribution >= 4 is 33.4 Å². The molecule has 1 N–H and O–H groups in total. The Morgan fingerprint density at radius 1 is 1.00 bits per heavy atom. The minimum Gasteiger partial charge on any atom is -0.481 e. The molecule has 178 valence electrons. The Labute approximate surface area is 203 Å². The molecule has 4 nitrogen and oxygen atoms in total. The van der Waals surface area contributed by atoms with E-state index in [4.69, 9.17) is 5.11 Å². The fraction of sp³-hybridized carbons (Fsp3) is 0.333. The Balaban J connectivity index is 1.23. The SMILES string of the molecule is Cc1ccc2cc(Cn3ccc4c(F)ccc(C(=O)CC5CC6(C5)CC(C(=O)O)C6)c43)ccc2c1. The van der Waals surface area contributed by atoms with Crippen molar-refractivity contribution in [3.63, 3.8) is 0 Å². The van der Waals surface area contributed by atoms with Crippen molar-refractivity contribution in [1.29, 1.82) is 0 Å². The minimum atomic E-state index is -0.703. The molecule has 2 fully saturated rings. The minimum absolute atomic E-state index is 0.0397. The molecular formula is C30H28FNO3. The Morgan fingerprint density at radius 3 is 2.51 bits per heavy atom. The van der Waals surface area contributed by atoms with Crippen molar-refractivity contribution in [3.05, 3.63) is 83.3 Å². The van der Waals surface area contributed by atoms with E-state index in [-0.39, 0.29) is 28.9 Å². The zero-order chi connectivity index (χ0) is 24.3. The fourth-order valence-electron chi connectivity index (χ4n) is 6.53. The number of ketones is 1. The van der Waals surface area contributed by atoms with Crippen LogP contribution in [-0.4, -0.2) is 21.4 Å². The highest BCUT2D eigenvalue weighted by Crippen LogP contribution is 2.62. The molecule has 1 aromatic heterocycles. The van der Waals surface area contributed by atoms with E-state index in [9.17, 15) is 14.0 Å². The van der Waals surface area contributed by atoms with Gasteiger partial charge in [0.15, 0.2) is 5.78 Å². The van der Waals surface area contributed by atoms with Gasteiger partial charge in [-0.15, -0.1) is 0 Å². The molecule has 0 saturated heterocycles. The molecule has 0 bridgehead atoms. The summed E-state index contributed by atoms with van der Waals surface area (Å²) in [6, 6.07) is 17.5. The Hall–Kier alpha value is -3.47. The van der Waals surface area contributed by atoms with Gasteiger partial charge in [0.2, 0.25) is 0 Å². The van der Waals surface area contributed by atoms with Gasteiger partial charge in [-0.1, -0.05) is 35.9 Å². The van der Waals surface area contributed by atoms with Crippen LogP contribution < -0.4 is 0 Å². The lowest BCUT2D eigenvalue weighted by atomic mass is 9.47. The molecule has 0 aliphatic heterocycles. The van der Waals surface area contributed by atoms with Gasteiger partial charge in [-0.05, 0) is 84.5 Å². The first-order chi connectivity index (χ1) is 16.8. The van der Waals surface area contributed by atoms with E-state index in [1.165, 1.54) is 17.0 Å². The summed E-state index contributed by atoms with van der Waals surface area (Å²) in [7, 11) is 0. The van der Waals surface area contributed by atoms with Crippen LogP contribution in [0.2, 0.25) is 0 Å². The topological polar surface area (TPSA) is 59.3 Å². The van der Waals surface area contributed by atoms with E-state index < -0.39 is 5.97 Å². The molecule has 0 radical (unpaired) electrons. The lowest BCUT2D eigenvalue weighted by Crippen LogP contribution is -2.50. The van der Waals surface area contributed by atoms with E-state index in [1.807, 2.05) is 10.8 Å². The smallest absolute Gasteiger partial charge is 0.306 e. The second kappa shape index (κ2) is 8.04. The van der Waals surface area contributed by atoms with Crippen LogP contribution in [0.4, 0.5) is 4.39 Å². The molecule has 0 unspecified atom stereocenters. The van der Waals surface area contributed by atoms with Gasteiger partial charge < -0.3 is 9.67 Å². The number of carboxylic acid groups (broad SMARTS) is 1. The zero-order valence-corrected chi connectivity index (χ0v) is 19.8. The number of aromatic nitrogens is 1. The molecule has 35 heavy (non-hydrogen) atoms. The number of halogens is 1. The lowest BCUT2D eigenvalue weighted by molar-refractivity contribution is -0.157. The molecule has 4 aromatic rings. The number of aryl methyl sites for hydroxylation is 1.